The van der Waals surface area contributed by atoms with Gasteiger partial charge in [0.1, 0.15) is 12.2 Å². The van der Waals surface area contributed by atoms with E-state index < -0.39 is 0 Å². The molecule has 3 aliphatic rings. The van der Waals surface area contributed by atoms with Crippen LogP contribution in [0.15, 0.2) is 60.7 Å². The smallest absolute Gasteiger partial charge is 0.309 e. The molecule has 2 aromatic rings. The largest absolute Gasteiger partial charge is 0.462 e. The Morgan fingerprint density at radius 2 is 0.913 bits per heavy atom. The van der Waals surface area contributed by atoms with E-state index >= 15 is 0 Å². The van der Waals surface area contributed by atoms with Crippen LogP contribution in [-0.4, -0.2) is 46.3 Å². The summed E-state index contributed by atoms with van der Waals surface area (Å²) >= 11 is 0. The summed E-state index contributed by atoms with van der Waals surface area (Å²) in [5.41, 5.74) is 1.85. The zero-order chi connectivity index (χ0) is 33.3. The number of nitrogens with one attached hydrogen (secondary N) is 2. The summed E-state index contributed by atoms with van der Waals surface area (Å²) in [6.45, 7) is 17.7. The molecule has 2 heterocycles. The molecule has 46 heavy (non-hydrogen) atoms. The first-order valence-corrected chi connectivity index (χ1v) is 17.6. The van der Waals surface area contributed by atoms with Gasteiger partial charge in [-0.15, -0.1) is 0 Å². The Labute approximate surface area is 277 Å². The number of hydrogen-bond acceptors (Lipinski definition) is 6. The molecule has 0 bridgehead atoms. The van der Waals surface area contributed by atoms with Gasteiger partial charge < -0.3 is 20.1 Å². The number of carbonyl (C=O) groups excluding carboxylic acids is 2. The maximum atomic E-state index is 13.7. The minimum absolute atomic E-state index is 0.104. The third-order valence-electron chi connectivity index (χ3n) is 11.0. The Morgan fingerprint density at radius 3 is 1.24 bits per heavy atom. The number of piperidine rings is 2. The van der Waals surface area contributed by atoms with Crippen LogP contribution < -0.4 is 10.6 Å². The summed E-state index contributed by atoms with van der Waals surface area (Å²) < 4.78 is 12.8. The first-order chi connectivity index (χ1) is 21.5. The van der Waals surface area contributed by atoms with Crippen molar-refractivity contribution in [3.8, 4) is 0 Å². The number of rotatable bonds is 8. The first-order valence-electron chi connectivity index (χ1n) is 17.6. The molecule has 1 aliphatic carbocycles. The molecule has 2 aliphatic heterocycles. The third kappa shape index (κ3) is 8.41. The van der Waals surface area contributed by atoms with Gasteiger partial charge in [-0.25, -0.2) is 0 Å². The Kier molecular flexibility index (Phi) is 10.1. The van der Waals surface area contributed by atoms with E-state index in [0.717, 1.165) is 25.7 Å². The zero-order valence-electron chi connectivity index (χ0n) is 29.5. The molecule has 0 amide bonds. The lowest BCUT2D eigenvalue weighted by atomic mass is 9.70. The first kappa shape index (κ1) is 34.6. The third-order valence-corrected chi connectivity index (χ3v) is 11.0. The summed E-state index contributed by atoms with van der Waals surface area (Å²) in [6.07, 6.45) is 5.55. The number of hydrogen-bond donors (Lipinski definition) is 2. The highest BCUT2D eigenvalue weighted by Crippen LogP contribution is 2.41. The van der Waals surface area contributed by atoms with Crippen LogP contribution in [0, 0.1) is 23.7 Å². The van der Waals surface area contributed by atoms with Crippen LogP contribution in [0.5, 0.6) is 0 Å². The normalized spacial score (nSPS) is 31.4. The van der Waals surface area contributed by atoms with Gasteiger partial charge in [0.2, 0.25) is 0 Å². The van der Waals surface area contributed by atoms with Crippen LogP contribution in [0.1, 0.15) is 105 Å². The SMILES string of the molecule is CC1(C)CC(OC(=O)C2CCC(C(=O)OC3CC(C)(C)NC(C)(C)C3Cc3ccccc3)CC2)C(Cc2ccccc2)C(C)(C)N1. The predicted molar refractivity (Wildman–Crippen MR) is 184 cm³/mol. The van der Waals surface area contributed by atoms with Gasteiger partial charge in [-0.05, 0) is 105 Å². The second kappa shape index (κ2) is 13.4. The van der Waals surface area contributed by atoms with Crippen molar-refractivity contribution in [3.63, 3.8) is 0 Å². The van der Waals surface area contributed by atoms with Crippen LogP contribution in [0.4, 0.5) is 0 Å². The fraction of sp³-hybridized carbons (Fsp3) is 0.650. The number of benzene rings is 2. The number of esters is 2. The molecule has 1 saturated carbocycles. The van der Waals surface area contributed by atoms with Crippen molar-refractivity contribution in [2.45, 2.75) is 141 Å². The molecular weight excluding hydrogens is 572 g/mol. The molecule has 2 saturated heterocycles. The summed E-state index contributed by atoms with van der Waals surface area (Å²) in [4.78, 5) is 27.3. The van der Waals surface area contributed by atoms with Gasteiger partial charge in [0.25, 0.3) is 0 Å². The molecule has 2 N–H and O–H groups in total. The molecule has 4 unspecified atom stereocenters. The van der Waals surface area contributed by atoms with Crippen LogP contribution in [0.25, 0.3) is 0 Å². The fourth-order valence-electron chi connectivity index (χ4n) is 9.06. The van der Waals surface area contributed by atoms with Gasteiger partial charge in [0.15, 0.2) is 0 Å². The molecule has 3 fully saturated rings. The Bertz CT molecular complexity index is 1220. The highest BCUT2D eigenvalue weighted by Gasteiger charge is 2.49. The van der Waals surface area contributed by atoms with Crippen molar-refractivity contribution in [3.05, 3.63) is 71.8 Å². The second-order valence-corrected chi connectivity index (χ2v) is 17.0. The van der Waals surface area contributed by atoms with Crippen molar-refractivity contribution < 1.29 is 19.1 Å². The molecule has 6 nitrogen and oxygen atoms in total. The van der Waals surface area contributed by atoms with Gasteiger partial charge in [-0.1, -0.05) is 60.7 Å². The lowest BCUT2D eigenvalue weighted by Crippen LogP contribution is -2.65. The van der Waals surface area contributed by atoms with Gasteiger partial charge in [-0.3, -0.25) is 9.59 Å². The zero-order valence-corrected chi connectivity index (χ0v) is 29.5. The average molecular weight is 631 g/mol. The highest BCUT2D eigenvalue weighted by molar-refractivity contribution is 5.75. The second-order valence-electron chi connectivity index (χ2n) is 17.0. The van der Waals surface area contributed by atoms with Gasteiger partial charge in [0, 0.05) is 46.8 Å². The number of carbonyl (C=O) groups is 2. The molecule has 0 spiro atoms. The molecule has 2 aromatic carbocycles. The summed E-state index contributed by atoms with van der Waals surface area (Å²) in [6, 6.07) is 21.0. The van der Waals surface area contributed by atoms with Crippen LogP contribution in [-0.2, 0) is 31.9 Å². The average Bonchev–Trinajstić information content (AvgIpc) is 2.96. The maximum absolute atomic E-state index is 13.7. The summed E-state index contributed by atoms with van der Waals surface area (Å²) in [5.74, 6) is -0.252. The highest BCUT2D eigenvalue weighted by atomic mass is 16.5. The van der Waals surface area contributed by atoms with Crippen molar-refractivity contribution in [2.24, 2.45) is 23.7 Å². The minimum atomic E-state index is -0.194. The maximum Gasteiger partial charge on any atom is 0.309 e. The Hall–Kier alpha value is -2.70. The standard InChI is InChI=1S/C40H58N2O4/c1-37(2)25-33(31(39(5,6)41-37)23-27-15-11-9-12-16-27)45-35(43)29-19-21-30(22-20-29)36(44)46-34-26-38(3,4)42-40(7,8)32(34)24-28-17-13-10-14-18-28/h9-18,29-34,41-42H,19-26H2,1-8H3. The molecule has 6 heteroatoms. The monoisotopic (exact) mass is 630 g/mol. The van der Waals surface area contributed by atoms with Crippen molar-refractivity contribution in [1.29, 1.82) is 0 Å². The van der Waals surface area contributed by atoms with E-state index in [-0.39, 0.29) is 70.0 Å². The van der Waals surface area contributed by atoms with E-state index in [1.54, 1.807) is 0 Å². The molecular formula is C40H58N2O4. The molecule has 0 radical (unpaired) electrons. The summed E-state index contributed by atoms with van der Waals surface area (Å²) in [7, 11) is 0. The van der Waals surface area contributed by atoms with Gasteiger partial charge in [-0.2, -0.15) is 0 Å². The predicted octanol–water partition coefficient (Wildman–Crippen LogP) is 7.44. The number of ether oxygens (including phenoxy) is 2. The molecule has 4 atom stereocenters. The Morgan fingerprint density at radius 1 is 0.587 bits per heavy atom. The van der Waals surface area contributed by atoms with Gasteiger partial charge >= 0.3 is 11.9 Å². The molecule has 5 rings (SSSR count). The van der Waals surface area contributed by atoms with Crippen molar-refractivity contribution >= 4 is 11.9 Å². The summed E-state index contributed by atoms with van der Waals surface area (Å²) in [5, 5.41) is 7.63. The lowest BCUT2D eigenvalue weighted by Gasteiger charge is -2.52. The fourth-order valence-corrected chi connectivity index (χ4v) is 9.06. The van der Waals surface area contributed by atoms with E-state index in [2.05, 4.69) is 115 Å². The Balaban J connectivity index is 1.21. The van der Waals surface area contributed by atoms with Crippen LogP contribution in [0.2, 0.25) is 0 Å². The van der Waals surface area contributed by atoms with E-state index in [4.69, 9.17) is 9.47 Å². The van der Waals surface area contributed by atoms with Gasteiger partial charge in [0.05, 0.1) is 11.8 Å². The molecule has 252 valence electrons. The van der Waals surface area contributed by atoms with E-state index in [0.29, 0.717) is 25.7 Å². The van der Waals surface area contributed by atoms with E-state index in [9.17, 15) is 9.59 Å². The molecule has 0 aromatic heterocycles. The van der Waals surface area contributed by atoms with Crippen LogP contribution in [0.3, 0.4) is 0 Å². The van der Waals surface area contributed by atoms with E-state index in [1.807, 2.05) is 12.1 Å². The quantitative estimate of drug-likeness (QED) is 0.296. The minimum Gasteiger partial charge on any atom is -0.462 e. The van der Waals surface area contributed by atoms with Crippen molar-refractivity contribution in [1.82, 2.24) is 10.6 Å². The van der Waals surface area contributed by atoms with E-state index in [1.165, 1.54) is 11.1 Å². The lowest BCUT2D eigenvalue weighted by molar-refractivity contribution is -0.170. The topological polar surface area (TPSA) is 76.7 Å². The van der Waals surface area contributed by atoms with Crippen molar-refractivity contribution in [2.75, 3.05) is 0 Å². The van der Waals surface area contributed by atoms with Crippen LogP contribution >= 0.6 is 0 Å².